The summed E-state index contributed by atoms with van der Waals surface area (Å²) in [7, 11) is 0. The molecule has 0 aromatic rings. The van der Waals surface area contributed by atoms with Gasteiger partial charge in [-0.25, -0.2) is 0 Å². The molecule has 0 atom stereocenters. The Hall–Kier alpha value is 0.634. The van der Waals surface area contributed by atoms with E-state index in [0.29, 0.717) is 0 Å². The molecule has 0 unspecified atom stereocenters. The van der Waals surface area contributed by atoms with E-state index in [0.717, 1.165) is 0 Å². The van der Waals surface area contributed by atoms with Gasteiger partial charge in [0.2, 0.25) is 0 Å². The summed E-state index contributed by atoms with van der Waals surface area (Å²) in [5, 5.41) is 16.7. The Bertz CT molecular complexity index is 33.8. The molecular formula is CAgO3Zn+. The van der Waals surface area contributed by atoms with Crippen molar-refractivity contribution in [3.63, 3.8) is 0 Å². The summed E-state index contributed by atoms with van der Waals surface area (Å²) in [6, 6.07) is 0. The summed E-state index contributed by atoms with van der Waals surface area (Å²) < 4.78 is 0. The van der Waals surface area contributed by atoms with E-state index in [2.05, 4.69) is 0 Å². The molecule has 0 saturated carbocycles. The third kappa shape index (κ3) is 152. The maximum absolute atomic E-state index is 8.33. The molecule has 0 radical (unpaired) electrons. The van der Waals surface area contributed by atoms with Gasteiger partial charge in [-0.05, 0) is 6.16 Å². The Morgan fingerprint density at radius 2 is 1.33 bits per heavy atom. The van der Waals surface area contributed by atoms with Crippen LogP contribution in [0.25, 0.3) is 0 Å². The van der Waals surface area contributed by atoms with Crippen LogP contribution in [0.2, 0.25) is 0 Å². The molecule has 6 heavy (non-hydrogen) atoms. The quantitative estimate of drug-likeness (QED) is 0.436. The molecule has 0 aromatic carbocycles. The van der Waals surface area contributed by atoms with Gasteiger partial charge >= 0.3 is 41.9 Å². The summed E-state index contributed by atoms with van der Waals surface area (Å²) in [4.78, 5) is 8.33. The maximum Gasteiger partial charge on any atom is 2.00 e. The van der Waals surface area contributed by atoms with E-state index < -0.39 is 6.16 Å². The van der Waals surface area contributed by atoms with E-state index in [-0.39, 0.29) is 41.9 Å². The number of carboxylic acid groups (broad SMARTS) is 2. The summed E-state index contributed by atoms with van der Waals surface area (Å²) >= 11 is 0. The smallest absolute Gasteiger partial charge is 0.652 e. The third-order valence-corrected chi connectivity index (χ3v) is 0. The summed E-state index contributed by atoms with van der Waals surface area (Å²) in [5.74, 6) is 0. The van der Waals surface area contributed by atoms with Gasteiger partial charge in [0.1, 0.15) is 0 Å². The first-order valence-electron chi connectivity index (χ1n) is 0.612. The van der Waals surface area contributed by atoms with Gasteiger partial charge in [-0.3, -0.25) is 0 Å². The molecule has 0 aliphatic rings. The second kappa shape index (κ2) is 9.16. The number of carbonyl (C=O) groups excluding carboxylic acids is 1. The fraction of sp³-hybridized carbons (Fsp3) is 0. The zero-order chi connectivity index (χ0) is 3.58. The standard InChI is InChI=1S/CH2O3.Ag.Zn/c2-1(3)4;;/h(H2,2,3,4);;/q;+1;+2/p-2. The number of rotatable bonds is 0. The van der Waals surface area contributed by atoms with Crippen molar-refractivity contribution in [1.82, 2.24) is 0 Å². The van der Waals surface area contributed by atoms with Gasteiger partial charge in [-0.15, -0.1) is 0 Å². The molecule has 5 heteroatoms. The van der Waals surface area contributed by atoms with Crippen LogP contribution in [-0.2, 0) is 41.9 Å². The van der Waals surface area contributed by atoms with Crippen molar-refractivity contribution >= 4 is 6.16 Å². The van der Waals surface area contributed by atoms with Crippen LogP contribution in [0.5, 0.6) is 0 Å². The van der Waals surface area contributed by atoms with E-state index >= 15 is 0 Å². The molecule has 3 nitrogen and oxygen atoms in total. The first kappa shape index (κ1) is 15.9. The third-order valence-electron chi connectivity index (χ3n) is 0. The van der Waals surface area contributed by atoms with E-state index in [1.807, 2.05) is 0 Å². The predicted molar refractivity (Wildman–Crippen MR) is 5.40 cm³/mol. The average molecular weight is 233 g/mol. The van der Waals surface area contributed by atoms with Crippen molar-refractivity contribution < 1.29 is 56.9 Å². The van der Waals surface area contributed by atoms with E-state index in [4.69, 9.17) is 15.0 Å². The second-order valence-electron chi connectivity index (χ2n) is 0.250. The minimum atomic E-state index is -2.33. The number of hydrogen-bond acceptors (Lipinski definition) is 3. The van der Waals surface area contributed by atoms with Crippen molar-refractivity contribution in [3.05, 3.63) is 0 Å². The van der Waals surface area contributed by atoms with Gasteiger partial charge in [0, 0.05) is 0 Å². The second-order valence-corrected chi connectivity index (χ2v) is 0.250. The van der Waals surface area contributed by atoms with Gasteiger partial charge in [0.15, 0.2) is 0 Å². The zero-order valence-electron chi connectivity index (χ0n) is 2.73. The molecule has 0 bridgehead atoms. The predicted octanol–water partition coefficient (Wildman–Crippen LogP) is -2.45. The minimum Gasteiger partial charge on any atom is -0.652 e. The fourth-order valence-corrected chi connectivity index (χ4v) is 0. The topological polar surface area (TPSA) is 63.2 Å². The molecule has 0 spiro atoms. The molecule has 0 fully saturated rings. The van der Waals surface area contributed by atoms with E-state index in [1.54, 1.807) is 0 Å². The van der Waals surface area contributed by atoms with Gasteiger partial charge in [0.25, 0.3) is 0 Å². The van der Waals surface area contributed by atoms with E-state index in [1.165, 1.54) is 0 Å². The largest absolute Gasteiger partial charge is 2.00 e. The number of carbonyl (C=O) groups is 1. The Labute approximate surface area is 63.0 Å². The first-order chi connectivity index (χ1) is 1.73. The van der Waals surface area contributed by atoms with Crippen molar-refractivity contribution in [3.8, 4) is 0 Å². The average Bonchev–Trinajstić information content (AvgIpc) is 0.811. The van der Waals surface area contributed by atoms with E-state index in [9.17, 15) is 0 Å². The molecule has 0 aliphatic heterocycles. The first-order valence-corrected chi connectivity index (χ1v) is 0.612. The summed E-state index contributed by atoms with van der Waals surface area (Å²) in [6.07, 6.45) is -2.33. The van der Waals surface area contributed by atoms with Crippen molar-refractivity contribution in [2.45, 2.75) is 0 Å². The van der Waals surface area contributed by atoms with Gasteiger partial charge in [-0.1, -0.05) is 0 Å². The van der Waals surface area contributed by atoms with Crippen LogP contribution in [0.1, 0.15) is 0 Å². The zero-order valence-corrected chi connectivity index (χ0v) is 7.18. The summed E-state index contributed by atoms with van der Waals surface area (Å²) in [6.45, 7) is 0. The maximum atomic E-state index is 8.33. The molecule has 0 saturated heterocycles. The van der Waals surface area contributed by atoms with Crippen molar-refractivity contribution in [2.24, 2.45) is 0 Å². The summed E-state index contributed by atoms with van der Waals surface area (Å²) in [5.41, 5.74) is 0. The minimum absolute atomic E-state index is 0. The monoisotopic (exact) mass is 231 g/mol. The Morgan fingerprint density at radius 3 is 1.33 bits per heavy atom. The molecular weight excluding hydrogens is 233 g/mol. The van der Waals surface area contributed by atoms with Crippen LogP contribution < -0.4 is 10.2 Å². The molecule has 0 heterocycles. The van der Waals surface area contributed by atoms with Crippen LogP contribution in [0.3, 0.4) is 0 Å². The SMILES string of the molecule is O=C([O-])[O-].[Ag+].[Zn+2]. The van der Waals surface area contributed by atoms with Crippen LogP contribution in [0, 0.1) is 0 Å². The fourth-order valence-electron chi connectivity index (χ4n) is 0. The van der Waals surface area contributed by atoms with Gasteiger partial charge in [0.05, 0.1) is 0 Å². The van der Waals surface area contributed by atoms with Crippen molar-refractivity contribution in [2.75, 3.05) is 0 Å². The molecule has 0 amide bonds. The molecule has 0 rings (SSSR count). The Balaban J connectivity index is -0.0000000450. The normalized spacial score (nSPS) is 4.00. The van der Waals surface area contributed by atoms with Gasteiger partial charge in [-0.2, -0.15) is 0 Å². The molecule has 0 aromatic heterocycles. The Morgan fingerprint density at radius 1 is 1.33 bits per heavy atom. The molecule has 0 N–H and O–H groups in total. The van der Waals surface area contributed by atoms with Crippen LogP contribution in [0.4, 0.5) is 4.79 Å². The Kier molecular flexibility index (Phi) is 24.3. The van der Waals surface area contributed by atoms with Crippen LogP contribution in [-0.4, -0.2) is 6.16 Å². The van der Waals surface area contributed by atoms with Crippen LogP contribution in [0.15, 0.2) is 0 Å². The molecule has 0 aliphatic carbocycles. The van der Waals surface area contributed by atoms with Crippen molar-refractivity contribution in [1.29, 1.82) is 0 Å². The van der Waals surface area contributed by atoms with Gasteiger partial charge < -0.3 is 15.0 Å². The molecule has 34 valence electrons. The van der Waals surface area contributed by atoms with Crippen LogP contribution >= 0.6 is 0 Å². The number of hydrogen-bond donors (Lipinski definition) is 0.